The number of carbonyl (C=O) groups is 2. The minimum absolute atomic E-state index is 0. The Balaban J connectivity index is 0.000000293. The summed E-state index contributed by atoms with van der Waals surface area (Å²) in [5.74, 6) is -1.85. The van der Waals surface area contributed by atoms with Gasteiger partial charge >= 0.3 is 11.9 Å². The van der Waals surface area contributed by atoms with E-state index in [1.807, 2.05) is 121 Å². The van der Waals surface area contributed by atoms with Gasteiger partial charge in [0.25, 0.3) is 0 Å². The number of nitrogens with zero attached hydrogens (tertiary/aromatic N) is 2. The van der Waals surface area contributed by atoms with Gasteiger partial charge in [-0.1, -0.05) is 121 Å². The van der Waals surface area contributed by atoms with E-state index in [-0.39, 0.29) is 42.2 Å². The van der Waals surface area contributed by atoms with Crippen molar-refractivity contribution in [3.8, 4) is 0 Å². The van der Waals surface area contributed by atoms with Crippen LogP contribution in [-0.4, -0.2) is 71.7 Å². The van der Waals surface area contributed by atoms with Gasteiger partial charge in [0.05, 0.1) is 25.7 Å². The van der Waals surface area contributed by atoms with Gasteiger partial charge in [-0.2, -0.15) is 0 Å². The predicted molar refractivity (Wildman–Crippen MR) is 170 cm³/mol. The smallest absolute Gasteiger partial charge is 0.317 e. The molecule has 8 nitrogen and oxygen atoms in total. The zero-order valence-corrected chi connectivity index (χ0v) is 26.8. The van der Waals surface area contributed by atoms with Crippen LogP contribution < -0.4 is 21.2 Å². The molecule has 2 N–H and O–H groups in total. The Labute approximate surface area is 263 Å². The Morgan fingerprint density at radius 2 is 0.721 bits per heavy atom. The van der Waals surface area contributed by atoms with Crippen LogP contribution in [0.15, 0.2) is 121 Å². The largest absolute Gasteiger partial charge is 0.480 e. The summed E-state index contributed by atoms with van der Waals surface area (Å²) in [6.45, 7) is -0.271. The van der Waals surface area contributed by atoms with E-state index in [1.54, 1.807) is 23.9 Å². The van der Waals surface area contributed by atoms with Crippen molar-refractivity contribution in [2.24, 2.45) is 0 Å². The molecule has 0 atom stereocenters. The van der Waals surface area contributed by atoms with Crippen LogP contribution in [0.2, 0.25) is 0 Å². The molecule has 0 fully saturated rings. The molecular weight excluding hydrogens is 629 g/mol. The van der Waals surface area contributed by atoms with Crippen molar-refractivity contribution in [2.45, 2.75) is 0 Å². The van der Waals surface area contributed by atoms with Crippen LogP contribution in [0.4, 0.5) is 0 Å². The zero-order valence-electron chi connectivity index (χ0n) is 24.0. The molecule has 0 radical (unpaired) electrons. The first-order valence-electron chi connectivity index (χ1n) is 13.3. The molecule has 0 amide bonds. The van der Waals surface area contributed by atoms with Gasteiger partial charge in [-0.25, -0.2) is 0 Å². The summed E-state index contributed by atoms with van der Waals surface area (Å²) >= 11 is 0. The van der Waals surface area contributed by atoms with E-state index in [9.17, 15) is 18.7 Å². The first-order chi connectivity index (χ1) is 20.0. The summed E-state index contributed by atoms with van der Waals surface area (Å²) in [6.07, 6.45) is 0.403. The third-order valence-corrected chi connectivity index (χ3v) is 12.7. The number of hydrogen-bond acceptors (Lipinski definition) is 6. The van der Waals surface area contributed by atoms with Crippen LogP contribution in [0.25, 0.3) is 0 Å². The molecule has 0 aliphatic rings. The number of likely N-dealkylation sites (N-methyl/N-ethyl adjacent to an activating group) is 2. The van der Waals surface area contributed by atoms with Crippen molar-refractivity contribution in [3.63, 3.8) is 0 Å². The van der Waals surface area contributed by atoms with Crippen molar-refractivity contribution in [2.75, 3.05) is 39.8 Å². The maximum Gasteiger partial charge on any atom is 0.317 e. The molecule has 0 aromatic heterocycles. The molecule has 0 saturated heterocycles. The van der Waals surface area contributed by atoms with E-state index < -0.39 is 26.2 Å². The molecule has 4 aromatic carbocycles. The molecule has 43 heavy (non-hydrogen) atoms. The molecule has 0 saturated carbocycles. The fourth-order valence-electron chi connectivity index (χ4n) is 4.54. The van der Waals surface area contributed by atoms with E-state index in [4.69, 9.17) is 10.2 Å². The summed E-state index contributed by atoms with van der Waals surface area (Å²) < 4.78 is 27.1. The van der Waals surface area contributed by atoms with Gasteiger partial charge in [0, 0.05) is 37.7 Å². The summed E-state index contributed by atoms with van der Waals surface area (Å²) in [7, 11) is -2.40. The molecule has 0 unspecified atom stereocenters. The van der Waals surface area contributed by atoms with Crippen LogP contribution in [0.3, 0.4) is 0 Å². The zero-order chi connectivity index (χ0) is 30.6. The van der Waals surface area contributed by atoms with Gasteiger partial charge in [-0.15, -0.1) is 0 Å². The average Bonchev–Trinajstić information content (AvgIpc) is 2.98. The average molecular weight is 665 g/mol. The van der Waals surface area contributed by atoms with Crippen LogP contribution in [0.1, 0.15) is 0 Å². The Morgan fingerprint density at radius 1 is 0.512 bits per heavy atom. The van der Waals surface area contributed by atoms with Crippen molar-refractivity contribution in [3.05, 3.63) is 121 Å². The Morgan fingerprint density at radius 3 is 0.907 bits per heavy atom. The van der Waals surface area contributed by atoms with Gasteiger partial charge in [0.15, 0.2) is 14.3 Å². The molecule has 0 spiro atoms. The SMILES string of the molecule is CN(CC(=O)O)CP(=O)(c1ccccc1)c1ccccc1.CN(CC(=O)O)CP(=O)(c1ccccc1)c1ccccc1.[Ni]. The summed E-state index contributed by atoms with van der Waals surface area (Å²) in [5.41, 5.74) is 0. The molecular formula is C32H36N2NiO6P2. The van der Waals surface area contributed by atoms with E-state index in [1.165, 1.54) is 0 Å². The van der Waals surface area contributed by atoms with Crippen molar-refractivity contribution in [1.29, 1.82) is 0 Å². The van der Waals surface area contributed by atoms with Crippen molar-refractivity contribution >= 4 is 47.4 Å². The second-order valence-electron chi connectivity index (χ2n) is 9.92. The van der Waals surface area contributed by atoms with Crippen LogP contribution in [-0.2, 0) is 35.2 Å². The number of carboxylic acids is 2. The first kappa shape index (κ1) is 35.9. The van der Waals surface area contributed by atoms with Crippen LogP contribution in [0, 0.1) is 0 Å². The predicted octanol–water partition coefficient (Wildman–Crippen LogP) is 3.95. The molecule has 230 valence electrons. The fraction of sp³-hybridized carbons (Fsp3) is 0.188. The van der Waals surface area contributed by atoms with Crippen LogP contribution in [0.5, 0.6) is 0 Å². The monoisotopic (exact) mass is 664 g/mol. The summed E-state index contributed by atoms with van der Waals surface area (Å²) in [5, 5.41) is 20.8. The third-order valence-electron chi connectivity index (χ3n) is 6.38. The standard InChI is InChI=1S/2C16H18NO3P.Ni/c2*1-17(12-16(18)19)13-21(20,14-8-4-2-5-9-14)15-10-6-3-7-11-15;/h2*2-11H,12-13H2,1H3,(H,18,19);. The molecule has 0 heterocycles. The van der Waals surface area contributed by atoms with Crippen molar-refractivity contribution in [1.82, 2.24) is 9.80 Å². The molecule has 0 aliphatic heterocycles. The maximum absolute atomic E-state index is 13.6. The Bertz CT molecular complexity index is 1320. The Kier molecular flexibility index (Phi) is 14.3. The minimum atomic E-state index is -2.87. The van der Waals surface area contributed by atoms with Gasteiger partial charge < -0.3 is 19.3 Å². The number of hydrogen-bond donors (Lipinski definition) is 2. The topological polar surface area (TPSA) is 115 Å². The van der Waals surface area contributed by atoms with E-state index in [2.05, 4.69) is 0 Å². The molecule has 4 rings (SSSR count). The van der Waals surface area contributed by atoms with Crippen molar-refractivity contribution < 1.29 is 45.4 Å². The first-order valence-corrected chi connectivity index (χ1v) is 17.0. The second kappa shape index (κ2) is 17.1. The van der Waals surface area contributed by atoms with E-state index in [0.717, 1.165) is 21.2 Å². The third kappa shape index (κ3) is 10.4. The van der Waals surface area contributed by atoms with Gasteiger partial charge in [-0.3, -0.25) is 19.4 Å². The van der Waals surface area contributed by atoms with E-state index in [0.29, 0.717) is 0 Å². The minimum Gasteiger partial charge on any atom is -0.480 e. The maximum atomic E-state index is 13.6. The van der Waals surface area contributed by atoms with Gasteiger partial charge in [0.2, 0.25) is 0 Å². The Hall–Kier alpha value is -3.31. The summed E-state index contributed by atoms with van der Waals surface area (Å²) in [6, 6.07) is 37.0. The molecule has 0 aliphatic carbocycles. The number of aliphatic carboxylic acids is 2. The number of rotatable bonds is 12. The van der Waals surface area contributed by atoms with Gasteiger partial charge in [0.1, 0.15) is 0 Å². The van der Waals surface area contributed by atoms with Crippen LogP contribution >= 0.6 is 14.3 Å². The number of carboxylic acid groups (broad SMARTS) is 2. The number of benzene rings is 4. The molecule has 0 bridgehead atoms. The molecule has 4 aromatic rings. The van der Waals surface area contributed by atoms with Gasteiger partial charge in [-0.05, 0) is 14.1 Å². The fourth-order valence-corrected chi connectivity index (χ4v) is 9.97. The second-order valence-corrected chi connectivity index (χ2v) is 15.5. The van der Waals surface area contributed by atoms with E-state index >= 15 is 0 Å². The quantitative estimate of drug-likeness (QED) is 0.173. The normalized spacial score (nSPS) is 11.3. The summed E-state index contributed by atoms with van der Waals surface area (Å²) in [4.78, 5) is 24.8. The molecule has 11 heteroatoms.